The summed E-state index contributed by atoms with van der Waals surface area (Å²) >= 11 is 5.18. The van der Waals surface area contributed by atoms with Crippen molar-refractivity contribution in [2.45, 2.75) is 33.0 Å². The highest BCUT2D eigenvalue weighted by molar-refractivity contribution is 7.71. The summed E-state index contributed by atoms with van der Waals surface area (Å²) in [6.07, 6.45) is 0.666. The summed E-state index contributed by atoms with van der Waals surface area (Å²) in [4.78, 5) is 67.2. The van der Waals surface area contributed by atoms with Crippen molar-refractivity contribution in [1.29, 1.82) is 0 Å². The fourth-order valence-corrected chi connectivity index (χ4v) is 5.60. The Hall–Kier alpha value is -5.70. The molecule has 2 aromatic heterocycles. The normalized spacial score (nSPS) is 12.7. The van der Waals surface area contributed by atoms with Crippen LogP contribution in [-0.2, 0) is 26.1 Å². The molecule has 1 aliphatic heterocycles. The maximum Gasteiger partial charge on any atom is 0.335 e. The Morgan fingerprint density at radius 2 is 1.71 bits per heavy atom. The summed E-state index contributed by atoms with van der Waals surface area (Å²) in [5.74, 6) is -2.28. The van der Waals surface area contributed by atoms with Gasteiger partial charge in [-0.25, -0.2) is 14.2 Å². The molecule has 15 heteroatoms. The maximum atomic E-state index is 13.4. The van der Waals surface area contributed by atoms with Gasteiger partial charge in [-0.3, -0.25) is 19.2 Å². The van der Waals surface area contributed by atoms with E-state index in [2.05, 4.69) is 20.8 Å². The summed E-state index contributed by atoms with van der Waals surface area (Å²) in [7, 11) is 0. The number of aromatic carboxylic acids is 1. The molecule has 0 spiro atoms. The quantitative estimate of drug-likeness (QED) is 0.143. The monoisotopic (exact) mass is 627 g/mol. The third-order valence-corrected chi connectivity index (χ3v) is 7.99. The number of carbonyl (C=O) groups is 3. The molecule has 2 amide bonds. The molecule has 5 N–H and O–H groups in total. The van der Waals surface area contributed by atoms with Crippen LogP contribution in [0.15, 0.2) is 56.6 Å². The summed E-state index contributed by atoms with van der Waals surface area (Å²) in [5.41, 5.74) is 8.85. The molecule has 0 unspecified atom stereocenters. The highest BCUT2D eigenvalue weighted by Crippen LogP contribution is 2.26. The molecule has 0 bridgehead atoms. The lowest BCUT2D eigenvalue weighted by Crippen LogP contribution is -2.44. The van der Waals surface area contributed by atoms with E-state index >= 15 is 0 Å². The Bertz CT molecular complexity index is 2180. The van der Waals surface area contributed by atoms with Crippen molar-refractivity contribution in [2.75, 3.05) is 17.2 Å². The maximum absolute atomic E-state index is 13.4. The van der Waals surface area contributed by atoms with Gasteiger partial charge in [0, 0.05) is 26.2 Å². The van der Waals surface area contributed by atoms with Crippen LogP contribution in [0.2, 0.25) is 0 Å². The zero-order valence-electron chi connectivity index (χ0n) is 23.7. The molecule has 3 aromatic carbocycles. The lowest BCUT2D eigenvalue weighted by atomic mass is 9.96. The van der Waals surface area contributed by atoms with E-state index < -0.39 is 28.6 Å². The predicted octanol–water partition coefficient (Wildman–Crippen LogP) is 1.66. The van der Waals surface area contributed by atoms with Crippen LogP contribution in [0.3, 0.4) is 0 Å². The van der Waals surface area contributed by atoms with Gasteiger partial charge in [-0.2, -0.15) is 0 Å². The number of amides is 2. The van der Waals surface area contributed by atoms with Crippen molar-refractivity contribution in [3.8, 4) is 0 Å². The summed E-state index contributed by atoms with van der Waals surface area (Å²) in [5, 5.41) is 18.5. The van der Waals surface area contributed by atoms with Crippen LogP contribution in [0.1, 0.15) is 59.2 Å². The molecular weight excluding hydrogens is 602 g/mol. The number of nitrogens with zero attached hydrogens (tertiary/aromatic N) is 4. The topological polar surface area (TPSA) is 202 Å². The molecule has 45 heavy (non-hydrogen) atoms. The number of aromatic nitrogens is 3. The number of carboxylic acids is 1. The second-order valence-electron chi connectivity index (χ2n) is 10.6. The van der Waals surface area contributed by atoms with Crippen molar-refractivity contribution >= 4 is 47.2 Å². The third-order valence-electron chi connectivity index (χ3n) is 7.74. The second-order valence-corrected chi connectivity index (χ2v) is 11.0. The number of hydrogen-bond donors (Lipinski definition) is 4. The molecule has 3 heterocycles. The highest BCUT2D eigenvalue weighted by Gasteiger charge is 2.27. The molecule has 0 fully saturated rings. The first-order chi connectivity index (χ1) is 21.5. The molecule has 0 radical (unpaired) electrons. The number of rotatable bonds is 8. The van der Waals surface area contributed by atoms with E-state index in [1.807, 2.05) is 18.2 Å². The van der Waals surface area contributed by atoms with Crippen molar-refractivity contribution in [2.24, 2.45) is 0 Å². The van der Waals surface area contributed by atoms with Gasteiger partial charge in [-0.1, -0.05) is 30.3 Å². The van der Waals surface area contributed by atoms with Crippen LogP contribution in [-0.4, -0.2) is 44.0 Å². The first kappa shape index (κ1) is 29.4. The largest absolute Gasteiger partial charge is 0.478 e. The number of nitrogens with two attached hydrogens (primary N) is 1. The second kappa shape index (κ2) is 11.4. The fraction of sp³-hybridized carbons (Fsp3) is 0.200. The van der Waals surface area contributed by atoms with E-state index in [-0.39, 0.29) is 52.0 Å². The lowest BCUT2D eigenvalue weighted by Gasteiger charge is -2.32. The summed E-state index contributed by atoms with van der Waals surface area (Å²) < 4.78 is 6.26. The third kappa shape index (κ3) is 5.44. The minimum Gasteiger partial charge on any atom is -0.478 e. The Morgan fingerprint density at radius 3 is 2.42 bits per heavy atom. The standard InChI is InChI=1S/C30H25N7O7S/c1-14-8-15(3-5-19(14)28(42)43)11-32-26(40)20-10-21(37-29(34-20)35-44-30(37)45)27(41)33-12-16-2-4-17-6-7-36(13-18(17)9-16)23-22(31)24(38)25(23)39/h2-5,8-10H,6-7,11-13,31H2,1H3,(H,32,40)(H,33,41)(H,42,43). The number of hydrogen-bond acceptors (Lipinski definition) is 11. The molecule has 0 atom stereocenters. The zero-order chi connectivity index (χ0) is 32.0. The SMILES string of the molecule is Cc1cc(CNC(=O)c2cc(C(=O)NCc3ccc4c(c3)CN(c3c(N)c(=O)c3=O)CC4)n3c(=S)onc3n2)ccc1C(=O)O. The number of carbonyl (C=O) groups excluding carboxylic acids is 2. The van der Waals surface area contributed by atoms with Crippen LogP contribution in [0.4, 0.5) is 11.4 Å². The van der Waals surface area contributed by atoms with Crippen LogP contribution in [0, 0.1) is 11.8 Å². The van der Waals surface area contributed by atoms with E-state index in [0.717, 1.165) is 16.7 Å². The number of nitrogen functional groups attached to an aromatic ring is 1. The van der Waals surface area contributed by atoms with Gasteiger partial charge >= 0.3 is 10.8 Å². The van der Waals surface area contributed by atoms with Crippen molar-refractivity contribution in [3.05, 3.63) is 113 Å². The van der Waals surface area contributed by atoms with Gasteiger partial charge in [0.25, 0.3) is 28.4 Å². The Morgan fingerprint density at radius 1 is 1.00 bits per heavy atom. The van der Waals surface area contributed by atoms with Gasteiger partial charge in [-0.05, 0) is 70.7 Å². The fourth-order valence-electron chi connectivity index (χ4n) is 5.38. The first-order valence-corrected chi connectivity index (χ1v) is 14.2. The van der Waals surface area contributed by atoms with Crippen molar-refractivity contribution in [1.82, 2.24) is 25.2 Å². The molecule has 6 rings (SSSR count). The van der Waals surface area contributed by atoms with E-state index in [9.17, 15) is 29.1 Å². The smallest absolute Gasteiger partial charge is 0.335 e. The Labute approximate surface area is 258 Å². The van der Waals surface area contributed by atoms with Crippen molar-refractivity contribution in [3.63, 3.8) is 0 Å². The van der Waals surface area contributed by atoms with Gasteiger partial charge in [0.15, 0.2) is 0 Å². The van der Waals surface area contributed by atoms with E-state index in [4.69, 9.17) is 22.5 Å². The van der Waals surface area contributed by atoms with Crippen LogP contribution in [0.25, 0.3) is 5.78 Å². The minimum absolute atomic E-state index is 0.0135. The zero-order valence-corrected chi connectivity index (χ0v) is 24.6. The van der Waals surface area contributed by atoms with Crippen LogP contribution < -0.4 is 32.1 Å². The van der Waals surface area contributed by atoms with Crippen molar-refractivity contribution < 1.29 is 24.0 Å². The molecule has 14 nitrogen and oxygen atoms in total. The molecule has 0 aliphatic carbocycles. The van der Waals surface area contributed by atoms with Crippen LogP contribution >= 0.6 is 12.2 Å². The molecule has 1 aliphatic rings. The summed E-state index contributed by atoms with van der Waals surface area (Å²) in [6.45, 7) is 2.83. The lowest BCUT2D eigenvalue weighted by molar-refractivity contribution is 0.0695. The van der Waals surface area contributed by atoms with E-state index in [1.54, 1.807) is 24.0 Å². The average Bonchev–Trinajstić information content (AvgIpc) is 3.41. The van der Waals surface area contributed by atoms with Gasteiger partial charge in [0.05, 0.1) is 5.56 Å². The molecule has 0 saturated carbocycles. The van der Waals surface area contributed by atoms with Crippen LogP contribution in [0.5, 0.6) is 0 Å². The average molecular weight is 628 g/mol. The first-order valence-electron chi connectivity index (χ1n) is 13.7. The van der Waals surface area contributed by atoms with Gasteiger partial charge < -0.3 is 30.9 Å². The molecular formula is C30H25N7O7S. The van der Waals surface area contributed by atoms with Gasteiger partial charge in [-0.15, -0.1) is 0 Å². The Balaban J connectivity index is 1.17. The number of aryl methyl sites for hydroxylation is 1. The molecule has 0 saturated heterocycles. The predicted molar refractivity (Wildman–Crippen MR) is 164 cm³/mol. The van der Waals surface area contributed by atoms with Gasteiger partial charge in [0.1, 0.15) is 22.8 Å². The Kier molecular flexibility index (Phi) is 7.46. The summed E-state index contributed by atoms with van der Waals surface area (Å²) in [6, 6.07) is 11.8. The number of fused-ring (bicyclic) bond motifs is 2. The highest BCUT2D eigenvalue weighted by atomic mass is 32.1. The number of benzene rings is 2. The molecule has 228 valence electrons. The molecule has 5 aromatic rings. The van der Waals surface area contributed by atoms with E-state index in [1.165, 1.54) is 16.5 Å². The number of nitrogens with one attached hydrogen (secondary N) is 2. The number of carboxylic acid groups (broad SMARTS) is 1. The number of anilines is 2. The minimum atomic E-state index is -1.04. The van der Waals surface area contributed by atoms with Gasteiger partial charge in [0.2, 0.25) is 0 Å². The van der Waals surface area contributed by atoms with E-state index in [0.29, 0.717) is 30.6 Å².